The molecule has 0 fully saturated rings. The van der Waals surface area contributed by atoms with E-state index in [2.05, 4.69) is 20.3 Å². The number of aryl methyl sites for hydroxylation is 1. The van der Waals surface area contributed by atoms with Gasteiger partial charge in [-0.2, -0.15) is 0 Å². The molecule has 0 spiro atoms. The molecule has 2 rings (SSSR count). The van der Waals surface area contributed by atoms with E-state index in [4.69, 9.17) is 0 Å². The minimum Gasteiger partial charge on any atom is -0.318 e. The van der Waals surface area contributed by atoms with Gasteiger partial charge in [0.15, 0.2) is 5.69 Å². The second kappa shape index (κ2) is 4.28. The molecule has 1 aromatic carbocycles. The third-order valence-corrected chi connectivity index (χ3v) is 2.05. The average Bonchev–Trinajstić information content (AvgIpc) is 2.68. The zero-order chi connectivity index (χ0) is 12.4. The number of aromatic nitrogens is 2. The lowest BCUT2D eigenvalue weighted by atomic mass is 10.2. The highest BCUT2D eigenvalue weighted by Crippen LogP contribution is 2.16. The Morgan fingerprint density at radius 3 is 2.71 bits per heavy atom. The molecule has 7 heteroatoms. The van der Waals surface area contributed by atoms with Gasteiger partial charge in [0, 0.05) is 6.07 Å². The van der Waals surface area contributed by atoms with Crippen LogP contribution in [0.1, 0.15) is 16.2 Å². The fourth-order valence-corrected chi connectivity index (χ4v) is 1.21. The van der Waals surface area contributed by atoms with Crippen LogP contribution >= 0.6 is 0 Å². The average molecular weight is 239 g/mol. The van der Waals surface area contributed by atoms with Crippen molar-refractivity contribution in [2.75, 3.05) is 5.32 Å². The molecule has 0 aliphatic rings. The van der Waals surface area contributed by atoms with Crippen LogP contribution < -0.4 is 5.32 Å². The fraction of sp³-hybridized carbons (Fsp3) is 0.100. The van der Waals surface area contributed by atoms with Gasteiger partial charge in [-0.05, 0) is 24.2 Å². The van der Waals surface area contributed by atoms with Gasteiger partial charge in [0.05, 0.1) is 5.69 Å². The van der Waals surface area contributed by atoms with Gasteiger partial charge in [-0.15, -0.1) is 0 Å². The second-order valence-electron chi connectivity index (χ2n) is 3.28. The summed E-state index contributed by atoms with van der Waals surface area (Å²) >= 11 is 0. The number of hydrogen-bond acceptors (Lipinski definition) is 4. The molecule has 5 nitrogen and oxygen atoms in total. The lowest BCUT2D eigenvalue weighted by Crippen LogP contribution is -2.14. The maximum atomic E-state index is 13.2. The Kier molecular flexibility index (Phi) is 2.82. The molecule has 1 aromatic heterocycles. The minimum absolute atomic E-state index is 0.0475. The maximum absolute atomic E-state index is 13.2. The Hall–Kier alpha value is -2.31. The van der Waals surface area contributed by atoms with Crippen LogP contribution in [0.2, 0.25) is 0 Å². The number of hydrogen-bond donors (Lipinski definition) is 1. The smallest absolute Gasteiger partial charge is 0.279 e. The van der Waals surface area contributed by atoms with Gasteiger partial charge in [0.25, 0.3) is 5.91 Å². The highest BCUT2D eigenvalue weighted by atomic mass is 19.1. The minimum atomic E-state index is -0.868. The number of carbonyl (C=O) groups excluding carboxylic acids is 1. The Bertz CT molecular complexity index is 568. The summed E-state index contributed by atoms with van der Waals surface area (Å²) in [4.78, 5) is 11.6. The summed E-state index contributed by atoms with van der Waals surface area (Å²) in [5, 5.41) is 9.02. The van der Waals surface area contributed by atoms with Crippen LogP contribution in [0.4, 0.5) is 14.5 Å². The molecule has 0 unspecified atom stereocenters. The van der Waals surface area contributed by atoms with E-state index in [1.165, 1.54) is 6.92 Å². The van der Waals surface area contributed by atoms with Crippen LogP contribution in [0, 0.1) is 18.6 Å². The van der Waals surface area contributed by atoms with Gasteiger partial charge >= 0.3 is 0 Å². The van der Waals surface area contributed by atoms with E-state index < -0.39 is 17.5 Å². The molecule has 0 aliphatic carbocycles. The highest BCUT2D eigenvalue weighted by molar-refractivity contribution is 6.03. The first kappa shape index (κ1) is 11.2. The summed E-state index contributed by atoms with van der Waals surface area (Å²) < 4.78 is 30.2. The van der Waals surface area contributed by atoms with Gasteiger partial charge < -0.3 is 5.32 Å². The number of halogens is 2. The SMILES string of the molecule is Cc1nonc1C(=O)Nc1ccc(F)cc1F. The van der Waals surface area contributed by atoms with Crippen molar-refractivity contribution in [1.29, 1.82) is 0 Å². The summed E-state index contributed by atoms with van der Waals surface area (Å²) in [5.74, 6) is -2.26. The van der Waals surface area contributed by atoms with Gasteiger partial charge in [-0.25, -0.2) is 13.4 Å². The molecule has 0 saturated carbocycles. The molecule has 0 radical (unpaired) electrons. The molecule has 0 saturated heterocycles. The Labute approximate surface area is 94.4 Å². The van der Waals surface area contributed by atoms with Crippen LogP contribution in [-0.4, -0.2) is 16.2 Å². The van der Waals surface area contributed by atoms with Crippen LogP contribution in [0.5, 0.6) is 0 Å². The van der Waals surface area contributed by atoms with Crippen molar-refractivity contribution < 1.29 is 18.2 Å². The van der Waals surface area contributed by atoms with Crippen LogP contribution in [0.25, 0.3) is 0 Å². The molecule has 17 heavy (non-hydrogen) atoms. The van der Waals surface area contributed by atoms with E-state index in [9.17, 15) is 13.6 Å². The normalized spacial score (nSPS) is 10.3. The Morgan fingerprint density at radius 2 is 2.12 bits per heavy atom. The van der Waals surface area contributed by atoms with Crippen molar-refractivity contribution >= 4 is 11.6 Å². The molecule has 2 aromatic rings. The standard InChI is InChI=1S/C10H7F2N3O2/c1-5-9(15-17-14-5)10(16)13-8-3-2-6(11)4-7(8)12/h2-4H,1H3,(H,13,16). The number of nitrogens with zero attached hydrogens (tertiary/aromatic N) is 2. The van der Waals surface area contributed by atoms with Gasteiger partial charge in [-0.3, -0.25) is 4.79 Å². The summed E-state index contributed by atoms with van der Waals surface area (Å²) in [7, 11) is 0. The lowest BCUT2D eigenvalue weighted by Gasteiger charge is -2.04. The number of rotatable bonds is 2. The largest absolute Gasteiger partial charge is 0.318 e. The van der Waals surface area contributed by atoms with Gasteiger partial charge in [0.2, 0.25) is 0 Å². The molecule has 88 valence electrons. The van der Waals surface area contributed by atoms with Crippen LogP contribution in [0.3, 0.4) is 0 Å². The predicted molar refractivity (Wildman–Crippen MR) is 53.3 cm³/mol. The molecule has 0 aliphatic heterocycles. The van der Waals surface area contributed by atoms with Crippen LogP contribution in [0.15, 0.2) is 22.8 Å². The summed E-state index contributed by atoms with van der Waals surface area (Å²) in [6, 6.07) is 2.82. The number of nitrogens with one attached hydrogen (secondary N) is 1. The zero-order valence-electron chi connectivity index (χ0n) is 8.70. The molecule has 1 amide bonds. The van der Waals surface area contributed by atoms with Gasteiger partial charge in [0.1, 0.15) is 17.3 Å². The molecular formula is C10H7F2N3O2. The van der Waals surface area contributed by atoms with E-state index in [1.54, 1.807) is 0 Å². The van der Waals surface area contributed by atoms with Gasteiger partial charge in [-0.1, -0.05) is 5.16 Å². The lowest BCUT2D eigenvalue weighted by molar-refractivity contribution is 0.101. The van der Waals surface area contributed by atoms with Crippen LogP contribution in [-0.2, 0) is 0 Å². The number of amides is 1. The second-order valence-corrected chi connectivity index (χ2v) is 3.28. The number of benzene rings is 1. The van der Waals surface area contributed by atoms with Crippen molar-refractivity contribution in [1.82, 2.24) is 10.3 Å². The maximum Gasteiger partial charge on any atom is 0.279 e. The van der Waals surface area contributed by atoms with Crippen molar-refractivity contribution in [2.24, 2.45) is 0 Å². The number of carbonyl (C=O) groups is 1. The summed E-state index contributed by atoms with van der Waals surface area (Å²) in [6.45, 7) is 1.52. The fourth-order valence-electron chi connectivity index (χ4n) is 1.21. The van der Waals surface area contributed by atoms with E-state index in [-0.39, 0.29) is 17.1 Å². The third-order valence-electron chi connectivity index (χ3n) is 2.05. The van der Waals surface area contributed by atoms with Crippen molar-refractivity contribution in [3.63, 3.8) is 0 Å². The first-order valence-corrected chi connectivity index (χ1v) is 4.63. The first-order chi connectivity index (χ1) is 8.08. The predicted octanol–water partition coefficient (Wildman–Crippen LogP) is 1.91. The zero-order valence-corrected chi connectivity index (χ0v) is 8.70. The number of anilines is 1. The Balaban J connectivity index is 2.22. The highest BCUT2D eigenvalue weighted by Gasteiger charge is 2.16. The van der Waals surface area contributed by atoms with E-state index in [1.807, 2.05) is 0 Å². The monoisotopic (exact) mass is 239 g/mol. The summed E-state index contributed by atoms with van der Waals surface area (Å²) in [5.41, 5.74) is 0.0949. The van der Waals surface area contributed by atoms with Crippen molar-refractivity contribution in [3.05, 3.63) is 41.2 Å². The Morgan fingerprint density at radius 1 is 1.35 bits per heavy atom. The first-order valence-electron chi connectivity index (χ1n) is 4.63. The van der Waals surface area contributed by atoms with E-state index in [0.717, 1.165) is 12.1 Å². The van der Waals surface area contributed by atoms with Crippen molar-refractivity contribution in [2.45, 2.75) is 6.92 Å². The molecule has 1 heterocycles. The van der Waals surface area contributed by atoms with E-state index in [0.29, 0.717) is 6.07 Å². The van der Waals surface area contributed by atoms with E-state index >= 15 is 0 Å². The summed E-state index contributed by atoms with van der Waals surface area (Å²) in [6.07, 6.45) is 0. The third kappa shape index (κ3) is 2.27. The molecule has 0 atom stereocenters. The molecule has 0 bridgehead atoms. The topological polar surface area (TPSA) is 68.0 Å². The molecular weight excluding hydrogens is 232 g/mol. The molecule has 1 N–H and O–H groups in total. The quantitative estimate of drug-likeness (QED) is 0.869. The van der Waals surface area contributed by atoms with Crippen molar-refractivity contribution in [3.8, 4) is 0 Å².